The predicted molar refractivity (Wildman–Crippen MR) is 95.9 cm³/mol. The van der Waals surface area contributed by atoms with Crippen molar-refractivity contribution in [2.45, 2.75) is 32.9 Å². The molecule has 0 aliphatic heterocycles. The molecule has 25 heavy (non-hydrogen) atoms. The predicted octanol–water partition coefficient (Wildman–Crippen LogP) is 3.47. The van der Waals surface area contributed by atoms with E-state index in [0.717, 1.165) is 11.1 Å². The van der Waals surface area contributed by atoms with E-state index in [1.807, 2.05) is 27.0 Å². The summed E-state index contributed by atoms with van der Waals surface area (Å²) in [5.74, 6) is 0.630. The maximum atomic E-state index is 12.0. The lowest BCUT2D eigenvalue weighted by atomic mass is 10.1. The molecule has 0 fully saturated rings. The number of methoxy groups -OCH3 is 1. The Morgan fingerprint density at radius 1 is 1.36 bits per heavy atom. The van der Waals surface area contributed by atoms with Gasteiger partial charge in [0.05, 0.1) is 19.9 Å². The lowest BCUT2D eigenvalue weighted by Crippen LogP contribution is -2.35. The number of nitrogens with zero attached hydrogens (tertiary/aromatic N) is 4. The van der Waals surface area contributed by atoms with Crippen molar-refractivity contribution in [3.05, 3.63) is 29.8 Å². The van der Waals surface area contributed by atoms with E-state index < -0.39 is 5.60 Å². The van der Waals surface area contributed by atoms with E-state index >= 15 is 0 Å². The van der Waals surface area contributed by atoms with Crippen molar-refractivity contribution in [2.75, 3.05) is 20.7 Å². The number of hydrogen-bond acceptors (Lipinski definition) is 5. The summed E-state index contributed by atoms with van der Waals surface area (Å²) in [6.45, 7) is 6.54. The number of hydrogen-bond donors (Lipinski definition) is 0. The molecule has 0 aliphatic rings. The molecule has 2 aromatic rings. The topological polar surface area (TPSA) is 69.5 Å². The van der Waals surface area contributed by atoms with Crippen LogP contribution in [-0.4, -0.2) is 52.1 Å². The second-order valence-electron chi connectivity index (χ2n) is 6.60. The number of pyridine rings is 1. The minimum absolute atomic E-state index is 0.358. The Kier molecular flexibility index (Phi) is 5.89. The summed E-state index contributed by atoms with van der Waals surface area (Å²) in [6.07, 6.45) is 4.88. The molecule has 0 saturated heterocycles. The summed E-state index contributed by atoms with van der Waals surface area (Å²) in [5, 5.41) is 4.69. The molecule has 0 N–H and O–H groups in total. The first kappa shape index (κ1) is 19.1. The third-order valence-corrected chi connectivity index (χ3v) is 3.57. The van der Waals surface area contributed by atoms with Crippen molar-refractivity contribution in [1.82, 2.24) is 19.7 Å². The standard InChI is InChI=1S/C17H23ClN4O3/c1-17(2,3)25-16(23)21(4)6-7-22-11-12(9-20-22)13-10-19-15(18)8-14(13)24-5/h8-11H,6-7H2,1-5H3. The fourth-order valence-electron chi connectivity index (χ4n) is 2.11. The third kappa shape index (κ3) is 5.35. The van der Waals surface area contributed by atoms with Gasteiger partial charge in [-0.1, -0.05) is 11.6 Å². The molecule has 136 valence electrons. The Morgan fingerprint density at radius 3 is 2.72 bits per heavy atom. The highest BCUT2D eigenvalue weighted by molar-refractivity contribution is 6.29. The molecule has 8 heteroatoms. The summed E-state index contributed by atoms with van der Waals surface area (Å²) in [7, 11) is 3.28. The second-order valence-corrected chi connectivity index (χ2v) is 6.99. The average molecular weight is 367 g/mol. The Labute approximate surface area is 152 Å². The SMILES string of the molecule is COc1cc(Cl)ncc1-c1cnn(CCN(C)C(=O)OC(C)(C)C)c1. The van der Waals surface area contributed by atoms with E-state index in [1.165, 1.54) is 4.90 Å². The quantitative estimate of drug-likeness (QED) is 0.758. The number of ether oxygens (including phenoxy) is 2. The Hall–Kier alpha value is -2.28. The van der Waals surface area contributed by atoms with Crippen LogP contribution in [0.4, 0.5) is 4.79 Å². The number of carbonyl (C=O) groups excluding carboxylic acids is 1. The van der Waals surface area contributed by atoms with Crippen LogP contribution in [0.3, 0.4) is 0 Å². The van der Waals surface area contributed by atoms with Gasteiger partial charge in [0, 0.05) is 43.2 Å². The zero-order valence-electron chi connectivity index (χ0n) is 15.1. The van der Waals surface area contributed by atoms with Crippen molar-refractivity contribution in [3.63, 3.8) is 0 Å². The van der Waals surface area contributed by atoms with Crippen molar-refractivity contribution in [3.8, 4) is 16.9 Å². The molecule has 0 bridgehead atoms. The summed E-state index contributed by atoms with van der Waals surface area (Å²) in [4.78, 5) is 17.6. The van der Waals surface area contributed by atoms with E-state index in [2.05, 4.69) is 10.1 Å². The molecule has 7 nitrogen and oxygen atoms in total. The number of carbonyl (C=O) groups is 1. The summed E-state index contributed by atoms with van der Waals surface area (Å²) in [6, 6.07) is 1.66. The molecule has 0 saturated carbocycles. The minimum Gasteiger partial charge on any atom is -0.496 e. The van der Waals surface area contributed by atoms with Gasteiger partial charge in [-0.3, -0.25) is 4.68 Å². The Balaban J connectivity index is 2.01. The molecule has 0 aliphatic carbocycles. The molecule has 0 aromatic carbocycles. The highest BCUT2D eigenvalue weighted by Gasteiger charge is 2.19. The molecule has 2 aromatic heterocycles. The largest absolute Gasteiger partial charge is 0.496 e. The van der Waals surface area contributed by atoms with E-state index in [0.29, 0.717) is 24.0 Å². The summed E-state index contributed by atoms with van der Waals surface area (Å²) >= 11 is 5.89. The van der Waals surface area contributed by atoms with Crippen LogP contribution in [0.1, 0.15) is 20.8 Å². The van der Waals surface area contributed by atoms with Gasteiger partial charge in [0.15, 0.2) is 0 Å². The highest BCUT2D eigenvalue weighted by Crippen LogP contribution is 2.30. The second kappa shape index (κ2) is 7.74. The van der Waals surface area contributed by atoms with Crippen LogP contribution in [0.25, 0.3) is 11.1 Å². The fraction of sp³-hybridized carbons (Fsp3) is 0.471. The fourth-order valence-corrected chi connectivity index (χ4v) is 2.26. The van der Waals surface area contributed by atoms with Crippen molar-refractivity contribution in [1.29, 1.82) is 0 Å². The van der Waals surface area contributed by atoms with E-state index in [9.17, 15) is 4.79 Å². The van der Waals surface area contributed by atoms with Gasteiger partial charge in [0.1, 0.15) is 16.5 Å². The third-order valence-electron chi connectivity index (χ3n) is 3.37. The molecular formula is C17H23ClN4O3. The van der Waals surface area contributed by atoms with Crippen molar-refractivity contribution >= 4 is 17.7 Å². The molecule has 2 heterocycles. The first-order valence-electron chi connectivity index (χ1n) is 7.86. The number of amides is 1. The molecule has 0 unspecified atom stereocenters. The zero-order valence-corrected chi connectivity index (χ0v) is 15.9. The smallest absolute Gasteiger partial charge is 0.410 e. The van der Waals surface area contributed by atoms with Crippen LogP contribution in [0, 0.1) is 0 Å². The number of rotatable bonds is 5. The first-order chi connectivity index (χ1) is 11.7. The summed E-state index contributed by atoms with van der Waals surface area (Å²) < 4.78 is 12.4. The van der Waals surface area contributed by atoms with Gasteiger partial charge in [-0.15, -0.1) is 0 Å². The molecule has 0 spiro atoms. The number of likely N-dealkylation sites (N-methyl/N-ethyl adjacent to an activating group) is 1. The van der Waals surface area contributed by atoms with Gasteiger partial charge >= 0.3 is 6.09 Å². The van der Waals surface area contributed by atoms with Gasteiger partial charge in [-0.25, -0.2) is 9.78 Å². The van der Waals surface area contributed by atoms with Gasteiger partial charge in [0.25, 0.3) is 0 Å². The molecule has 0 atom stereocenters. The zero-order chi connectivity index (χ0) is 18.6. The molecule has 1 amide bonds. The lowest BCUT2D eigenvalue weighted by molar-refractivity contribution is 0.0292. The van der Waals surface area contributed by atoms with Gasteiger partial charge < -0.3 is 14.4 Å². The average Bonchev–Trinajstić information content (AvgIpc) is 2.99. The van der Waals surface area contributed by atoms with Gasteiger partial charge in [0.2, 0.25) is 0 Å². The van der Waals surface area contributed by atoms with Crippen molar-refractivity contribution in [2.24, 2.45) is 0 Å². The first-order valence-corrected chi connectivity index (χ1v) is 8.24. The minimum atomic E-state index is -0.512. The number of aromatic nitrogens is 3. The van der Waals surface area contributed by atoms with Crippen LogP contribution < -0.4 is 4.74 Å². The molecular weight excluding hydrogens is 344 g/mol. The Morgan fingerprint density at radius 2 is 2.08 bits per heavy atom. The van der Waals surface area contributed by atoms with Gasteiger partial charge in [-0.2, -0.15) is 5.10 Å². The maximum Gasteiger partial charge on any atom is 0.410 e. The molecule has 2 rings (SSSR count). The number of halogens is 1. The van der Waals surface area contributed by atoms with Crippen LogP contribution in [-0.2, 0) is 11.3 Å². The monoisotopic (exact) mass is 366 g/mol. The lowest BCUT2D eigenvalue weighted by Gasteiger charge is -2.24. The van der Waals surface area contributed by atoms with E-state index in [1.54, 1.807) is 37.3 Å². The molecule has 0 radical (unpaired) electrons. The normalized spacial score (nSPS) is 11.3. The van der Waals surface area contributed by atoms with Crippen LogP contribution in [0.2, 0.25) is 5.15 Å². The van der Waals surface area contributed by atoms with Gasteiger partial charge in [-0.05, 0) is 20.8 Å². The summed E-state index contributed by atoms with van der Waals surface area (Å²) in [5.41, 5.74) is 1.15. The van der Waals surface area contributed by atoms with Crippen LogP contribution >= 0.6 is 11.6 Å². The highest BCUT2D eigenvalue weighted by atomic mass is 35.5. The van der Waals surface area contributed by atoms with E-state index in [-0.39, 0.29) is 6.09 Å². The van der Waals surface area contributed by atoms with Crippen molar-refractivity contribution < 1.29 is 14.3 Å². The van der Waals surface area contributed by atoms with Crippen LogP contribution in [0.15, 0.2) is 24.7 Å². The van der Waals surface area contributed by atoms with E-state index in [4.69, 9.17) is 21.1 Å². The Bertz CT molecular complexity index is 740. The van der Waals surface area contributed by atoms with Crippen LogP contribution in [0.5, 0.6) is 5.75 Å². The maximum absolute atomic E-state index is 12.0.